The van der Waals surface area contributed by atoms with Gasteiger partial charge in [-0.15, -0.1) is 0 Å². The highest BCUT2D eigenvalue weighted by Gasteiger charge is 2.39. The molecule has 98 valence electrons. The van der Waals surface area contributed by atoms with Crippen LogP contribution in [0.4, 0.5) is 0 Å². The van der Waals surface area contributed by atoms with Crippen molar-refractivity contribution in [1.82, 2.24) is 0 Å². The van der Waals surface area contributed by atoms with Crippen molar-refractivity contribution in [3.63, 3.8) is 0 Å². The monoisotopic (exact) mass is 254 g/mol. The summed E-state index contributed by atoms with van der Waals surface area (Å²) in [5, 5.41) is 28.2. The van der Waals surface area contributed by atoms with Crippen molar-refractivity contribution in [3.8, 4) is 0 Å². The van der Waals surface area contributed by atoms with E-state index >= 15 is 0 Å². The number of aliphatic hydroxyl groups is 3. The lowest BCUT2D eigenvalue weighted by Gasteiger charge is -2.34. The fourth-order valence-electron chi connectivity index (χ4n) is 1.66. The number of ether oxygens (including phenoxy) is 2. The van der Waals surface area contributed by atoms with Gasteiger partial charge in [0, 0.05) is 0 Å². The van der Waals surface area contributed by atoms with Crippen LogP contribution in [-0.4, -0.2) is 52.5 Å². The number of rotatable bonds is 2. The molecule has 0 bridgehead atoms. The number of benzene rings is 1. The van der Waals surface area contributed by atoms with E-state index in [0.29, 0.717) is 5.56 Å². The average molecular weight is 254 g/mol. The third-order valence-corrected chi connectivity index (χ3v) is 2.72. The normalized spacial score (nSPS) is 31.9. The summed E-state index contributed by atoms with van der Waals surface area (Å²) in [4.78, 5) is 11.7. The molecule has 2 rings (SSSR count). The molecule has 0 amide bonds. The van der Waals surface area contributed by atoms with E-state index in [1.807, 2.05) is 0 Å². The van der Waals surface area contributed by atoms with E-state index < -0.39 is 30.6 Å². The quantitative estimate of drug-likeness (QED) is 0.603. The van der Waals surface area contributed by atoms with Gasteiger partial charge in [-0.1, -0.05) is 18.2 Å². The molecule has 6 heteroatoms. The van der Waals surface area contributed by atoms with Crippen LogP contribution in [0.25, 0.3) is 0 Å². The van der Waals surface area contributed by atoms with Gasteiger partial charge in [-0.05, 0) is 12.1 Å². The Kier molecular flexibility index (Phi) is 3.93. The lowest BCUT2D eigenvalue weighted by Crippen LogP contribution is -2.54. The number of carbonyl (C=O) groups excluding carboxylic acids is 1. The largest absolute Gasteiger partial charge is 0.453 e. The topological polar surface area (TPSA) is 96.2 Å². The van der Waals surface area contributed by atoms with Crippen LogP contribution in [-0.2, 0) is 9.47 Å². The highest BCUT2D eigenvalue weighted by atomic mass is 16.6. The van der Waals surface area contributed by atoms with Gasteiger partial charge in [0.05, 0.1) is 12.2 Å². The van der Waals surface area contributed by atoms with Crippen molar-refractivity contribution in [1.29, 1.82) is 0 Å². The van der Waals surface area contributed by atoms with Crippen LogP contribution < -0.4 is 0 Å². The van der Waals surface area contributed by atoms with Gasteiger partial charge in [0.1, 0.15) is 12.2 Å². The molecule has 1 heterocycles. The van der Waals surface area contributed by atoms with Crippen LogP contribution in [0.5, 0.6) is 0 Å². The molecule has 0 aliphatic carbocycles. The predicted octanol–water partition coefficient (Wildman–Crippen LogP) is -0.718. The summed E-state index contributed by atoms with van der Waals surface area (Å²) < 4.78 is 9.80. The molecule has 18 heavy (non-hydrogen) atoms. The summed E-state index contributed by atoms with van der Waals surface area (Å²) in [6.07, 6.45) is -5.34. The number of hydrogen-bond acceptors (Lipinski definition) is 6. The van der Waals surface area contributed by atoms with Crippen LogP contribution >= 0.6 is 0 Å². The van der Waals surface area contributed by atoms with Crippen LogP contribution in [0, 0.1) is 0 Å². The molecule has 0 saturated carbocycles. The second kappa shape index (κ2) is 5.45. The Morgan fingerprint density at radius 3 is 2.50 bits per heavy atom. The minimum Gasteiger partial charge on any atom is -0.453 e. The van der Waals surface area contributed by atoms with E-state index in [2.05, 4.69) is 0 Å². The summed E-state index contributed by atoms with van der Waals surface area (Å²) in [5.41, 5.74) is 0.338. The molecule has 3 N–H and O–H groups in total. The molecule has 1 aliphatic heterocycles. The zero-order valence-corrected chi connectivity index (χ0v) is 9.47. The van der Waals surface area contributed by atoms with E-state index in [4.69, 9.17) is 14.6 Å². The minimum absolute atomic E-state index is 0.169. The Morgan fingerprint density at radius 2 is 1.83 bits per heavy atom. The lowest BCUT2D eigenvalue weighted by atomic mass is 10.1. The van der Waals surface area contributed by atoms with Gasteiger partial charge in [0.15, 0.2) is 12.4 Å². The first kappa shape index (κ1) is 13.0. The smallest absolute Gasteiger partial charge is 0.338 e. The molecular formula is C12H14O6. The molecule has 0 spiro atoms. The molecule has 6 nitrogen and oxygen atoms in total. The number of hydrogen-bond donors (Lipinski definition) is 3. The van der Waals surface area contributed by atoms with Crippen LogP contribution in [0.15, 0.2) is 30.3 Å². The van der Waals surface area contributed by atoms with Crippen LogP contribution in [0.3, 0.4) is 0 Å². The van der Waals surface area contributed by atoms with Crippen molar-refractivity contribution in [2.45, 2.75) is 24.6 Å². The summed E-state index contributed by atoms with van der Waals surface area (Å²) in [5.74, 6) is -0.619. The fraction of sp³-hybridized carbons (Fsp3) is 0.417. The van der Waals surface area contributed by atoms with Gasteiger partial charge < -0.3 is 24.8 Å². The predicted molar refractivity (Wildman–Crippen MR) is 59.6 cm³/mol. The molecular weight excluding hydrogens is 240 g/mol. The van der Waals surface area contributed by atoms with E-state index in [9.17, 15) is 15.0 Å². The Bertz CT molecular complexity index is 406. The molecule has 1 saturated heterocycles. The third-order valence-electron chi connectivity index (χ3n) is 2.72. The van der Waals surface area contributed by atoms with Gasteiger partial charge in [-0.3, -0.25) is 0 Å². The molecule has 1 aromatic carbocycles. The standard InChI is InChI=1S/C12H14O6/c13-9-8(6-17-12(16)10(9)14)18-11(15)7-4-2-1-3-5-7/h1-5,8-10,12-14,16H,6H2/t8-,9+,10-,12-/m1/s1. The van der Waals surface area contributed by atoms with Crippen molar-refractivity contribution >= 4 is 5.97 Å². The Labute approximate surface area is 103 Å². The van der Waals surface area contributed by atoms with E-state index in [-0.39, 0.29) is 6.61 Å². The summed E-state index contributed by atoms with van der Waals surface area (Å²) in [7, 11) is 0. The minimum atomic E-state index is -1.49. The zero-order valence-electron chi connectivity index (χ0n) is 9.47. The van der Waals surface area contributed by atoms with Crippen LogP contribution in [0.1, 0.15) is 10.4 Å². The molecule has 1 fully saturated rings. The fourth-order valence-corrected chi connectivity index (χ4v) is 1.66. The highest BCUT2D eigenvalue weighted by Crippen LogP contribution is 2.17. The van der Waals surface area contributed by atoms with Crippen molar-refractivity contribution in [3.05, 3.63) is 35.9 Å². The molecule has 0 aromatic heterocycles. The summed E-state index contributed by atoms with van der Waals surface area (Å²) in [6, 6.07) is 8.27. The first-order chi connectivity index (χ1) is 8.59. The van der Waals surface area contributed by atoms with Gasteiger partial charge in [-0.25, -0.2) is 4.79 Å². The number of aliphatic hydroxyl groups excluding tert-OH is 3. The summed E-state index contributed by atoms with van der Waals surface area (Å²) >= 11 is 0. The number of esters is 1. The number of carbonyl (C=O) groups is 1. The van der Waals surface area contributed by atoms with Crippen LogP contribution in [0.2, 0.25) is 0 Å². The van der Waals surface area contributed by atoms with Gasteiger partial charge in [-0.2, -0.15) is 0 Å². The SMILES string of the molecule is O=C(O[C@@H]1CO[C@@H](O)[C@H](O)[C@H]1O)c1ccccc1. The second-order valence-corrected chi connectivity index (χ2v) is 4.01. The molecule has 0 unspecified atom stereocenters. The molecule has 1 aliphatic rings. The Morgan fingerprint density at radius 1 is 1.17 bits per heavy atom. The second-order valence-electron chi connectivity index (χ2n) is 4.01. The average Bonchev–Trinajstić information content (AvgIpc) is 2.40. The Hall–Kier alpha value is -1.47. The van der Waals surface area contributed by atoms with Gasteiger partial charge >= 0.3 is 5.97 Å². The summed E-state index contributed by atoms with van der Waals surface area (Å²) in [6.45, 7) is -0.169. The first-order valence-electron chi connectivity index (χ1n) is 5.51. The molecule has 4 atom stereocenters. The highest BCUT2D eigenvalue weighted by molar-refractivity contribution is 5.89. The molecule has 1 aromatic rings. The van der Waals surface area contributed by atoms with Gasteiger partial charge in [0.2, 0.25) is 0 Å². The van der Waals surface area contributed by atoms with Gasteiger partial charge in [0.25, 0.3) is 0 Å². The maximum atomic E-state index is 11.7. The van der Waals surface area contributed by atoms with Crippen molar-refractivity contribution in [2.24, 2.45) is 0 Å². The van der Waals surface area contributed by atoms with E-state index in [1.165, 1.54) is 0 Å². The molecule has 0 radical (unpaired) electrons. The lowest BCUT2D eigenvalue weighted by molar-refractivity contribution is -0.251. The zero-order chi connectivity index (χ0) is 13.1. The Balaban J connectivity index is 2.00. The van der Waals surface area contributed by atoms with Crippen molar-refractivity contribution in [2.75, 3.05) is 6.61 Å². The third kappa shape index (κ3) is 2.68. The van der Waals surface area contributed by atoms with E-state index in [0.717, 1.165) is 0 Å². The van der Waals surface area contributed by atoms with E-state index in [1.54, 1.807) is 30.3 Å². The maximum absolute atomic E-state index is 11.7. The maximum Gasteiger partial charge on any atom is 0.338 e. The first-order valence-corrected chi connectivity index (χ1v) is 5.51. The van der Waals surface area contributed by atoms with Crippen molar-refractivity contribution < 1.29 is 29.6 Å².